The molecular formula is C21H21N5O3. The normalized spacial score (nSPS) is 20.7. The summed E-state index contributed by atoms with van der Waals surface area (Å²) in [7, 11) is 0. The molecule has 0 bridgehead atoms. The van der Waals surface area contributed by atoms with Crippen LogP contribution in [0.1, 0.15) is 45.9 Å². The molecule has 8 heteroatoms. The predicted octanol–water partition coefficient (Wildman–Crippen LogP) is 2.03. The van der Waals surface area contributed by atoms with Crippen LogP contribution in [0.25, 0.3) is 5.52 Å². The maximum atomic E-state index is 12.8. The molecule has 29 heavy (non-hydrogen) atoms. The van der Waals surface area contributed by atoms with Gasteiger partial charge in [-0.15, -0.1) is 0 Å². The van der Waals surface area contributed by atoms with Gasteiger partial charge in [-0.1, -0.05) is 18.2 Å². The van der Waals surface area contributed by atoms with Crippen LogP contribution in [0.5, 0.6) is 0 Å². The number of aryl methyl sites for hydroxylation is 1. The number of carbonyl (C=O) groups excluding carboxylic acids is 2. The fraction of sp³-hybridized carbons (Fsp3) is 0.333. The molecule has 148 valence electrons. The maximum Gasteiger partial charge on any atom is 0.253 e. The lowest BCUT2D eigenvalue weighted by Crippen LogP contribution is -2.31. The lowest BCUT2D eigenvalue weighted by Gasteiger charge is -2.11. The molecule has 4 heterocycles. The van der Waals surface area contributed by atoms with Crippen LogP contribution >= 0.6 is 0 Å². The smallest absolute Gasteiger partial charge is 0.253 e. The zero-order chi connectivity index (χ0) is 20.0. The van der Waals surface area contributed by atoms with E-state index >= 15 is 0 Å². The van der Waals surface area contributed by atoms with Gasteiger partial charge in [-0.25, -0.2) is 9.50 Å². The van der Waals surface area contributed by atoms with E-state index in [0.717, 1.165) is 36.3 Å². The Morgan fingerprint density at radius 3 is 3.07 bits per heavy atom. The van der Waals surface area contributed by atoms with E-state index in [1.54, 1.807) is 10.7 Å². The van der Waals surface area contributed by atoms with Crippen molar-refractivity contribution in [3.05, 3.63) is 59.2 Å². The van der Waals surface area contributed by atoms with Crippen LogP contribution in [0, 0.1) is 6.92 Å². The number of ether oxygens (including phenoxy) is 1. The quantitative estimate of drug-likeness (QED) is 0.709. The van der Waals surface area contributed by atoms with Gasteiger partial charge >= 0.3 is 0 Å². The third-order valence-electron chi connectivity index (χ3n) is 5.68. The molecule has 2 aliphatic heterocycles. The number of nitrogens with zero attached hydrogens (tertiary/aromatic N) is 3. The standard InChI is InChI=1S/C21H21N5O3/c1-12-15(20(27)22-9-13-5-4-8-29-13)10-26-19(12)18(23-11-24-26)17-14-6-2-3-7-16(14)25-21(17)28/h2-3,6-7,10-11,13,17H,4-5,8-9H2,1H3,(H,22,27)(H,25,28). The summed E-state index contributed by atoms with van der Waals surface area (Å²) in [5.41, 5.74) is 4.23. The van der Waals surface area contributed by atoms with Crippen LogP contribution in [0.4, 0.5) is 5.69 Å². The molecule has 0 saturated carbocycles. The van der Waals surface area contributed by atoms with Gasteiger partial charge < -0.3 is 15.4 Å². The van der Waals surface area contributed by atoms with E-state index in [9.17, 15) is 9.59 Å². The van der Waals surface area contributed by atoms with Crippen molar-refractivity contribution in [3.63, 3.8) is 0 Å². The molecule has 0 spiro atoms. The summed E-state index contributed by atoms with van der Waals surface area (Å²) in [5.74, 6) is -0.837. The van der Waals surface area contributed by atoms with Crippen LogP contribution in [-0.2, 0) is 9.53 Å². The van der Waals surface area contributed by atoms with Gasteiger partial charge in [0.1, 0.15) is 12.2 Å². The minimum Gasteiger partial charge on any atom is -0.376 e. The molecule has 1 fully saturated rings. The van der Waals surface area contributed by atoms with Crippen LogP contribution in [-0.4, -0.2) is 45.7 Å². The molecule has 2 amide bonds. The van der Waals surface area contributed by atoms with E-state index in [0.29, 0.717) is 23.3 Å². The molecule has 0 aliphatic carbocycles. The van der Waals surface area contributed by atoms with E-state index in [2.05, 4.69) is 20.7 Å². The van der Waals surface area contributed by atoms with Gasteiger partial charge in [0, 0.05) is 25.0 Å². The lowest BCUT2D eigenvalue weighted by atomic mass is 9.95. The maximum absolute atomic E-state index is 12.8. The third kappa shape index (κ3) is 2.96. The highest BCUT2D eigenvalue weighted by atomic mass is 16.5. The van der Waals surface area contributed by atoms with Crippen LogP contribution in [0.3, 0.4) is 0 Å². The number of rotatable bonds is 4. The highest BCUT2D eigenvalue weighted by Crippen LogP contribution is 2.38. The van der Waals surface area contributed by atoms with E-state index in [1.807, 2.05) is 31.2 Å². The molecule has 3 aromatic rings. The summed E-state index contributed by atoms with van der Waals surface area (Å²) in [6, 6.07) is 7.58. The Kier molecular flexibility index (Phi) is 4.28. The minimum absolute atomic E-state index is 0.0744. The Morgan fingerprint density at radius 2 is 2.24 bits per heavy atom. The van der Waals surface area contributed by atoms with Crippen molar-refractivity contribution >= 4 is 23.0 Å². The zero-order valence-electron chi connectivity index (χ0n) is 16.0. The van der Waals surface area contributed by atoms with Gasteiger partial charge in [-0.3, -0.25) is 9.59 Å². The second-order valence-corrected chi connectivity index (χ2v) is 7.46. The van der Waals surface area contributed by atoms with Crippen molar-refractivity contribution in [2.75, 3.05) is 18.5 Å². The van der Waals surface area contributed by atoms with Crippen LogP contribution in [0.15, 0.2) is 36.8 Å². The van der Waals surface area contributed by atoms with E-state index in [-0.39, 0.29) is 17.9 Å². The van der Waals surface area contributed by atoms with Crippen molar-refractivity contribution in [3.8, 4) is 0 Å². The molecule has 2 aromatic heterocycles. The number of carbonyl (C=O) groups is 2. The first-order valence-corrected chi connectivity index (χ1v) is 9.76. The fourth-order valence-corrected chi connectivity index (χ4v) is 4.22. The van der Waals surface area contributed by atoms with Crippen molar-refractivity contribution in [2.24, 2.45) is 0 Å². The van der Waals surface area contributed by atoms with Gasteiger partial charge in [0.25, 0.3) is 5.91 Å². The number of para-hydroxylation sites is 1. The van der Waals surface area contributed by atoms with Gasteiger partial charge in [-0.2, -0.15) is 5.10 Å². The highest BCUT2D eigenvalue weighted by molar-refractivity contribution is 6.06. The monoisotopic (exact) mass is 391 g/mol. The first-order valence-electron chi connectivity index (χ1n) is 9.76. The van der Waals surface area contributed by atoms with E-state index in [1.165, 1.54) is 6.33 Å². The topological polar surface area (TPSA) is 97.6 Å². The Balaban J connectivity index is 1.52. The highest BCUT2D eigenvalue weighted by Gasteiger charge is 2.35. The largest absolute Gasteiger partial charge is 0.376 e. The summed E-state index contributed by atoms with van der Waals surface area (Å²) in [4.78, 5) is 29.9. The minimum atomic E-state index is -0.534. The third-order valence-corrected chi connectivity index (χ3v) is 5.68. The second-order valence-electron chi connectivity index (χ2n) is 7.46. The van der Waals surface area contributed by atoms with Crippen molar-refractivity contribution in [2.45, 2.75) is 31.8 Å². The number of hydrogen-bond donors (Lipinski definition) is 2. The second kappa shape index (κ2) is 6.97. The first kappa shape index (κ1) is 17.8. The van der Waals surface area contributed by atoms with Crippen molar-refractivity contribution in [1.82, 2.24) is 19.9 Å². The Hall–Kier alpha value is -3.26. The number of anilines is 1. The van der Waals surface area contributed by atoms with Crippen molar-refractivity contribution in [1.29, 1.82) is 0 Å². The average Bonchev–Trinajstić information content (AvgIpc) is 3.43. The number of hydrogen-bond acceptors (Lipinski definition) is 5. The van der Waals surface area contributed by atoms with Gasteiger partial charge in [0.2, 0.25) is 5.91 Å². The SMILES string of the molecule is Cc1c(C(=O)NCC2CCCO2)cn2ncnc(C3C(=O)Nc4ccccc43)c12. The number of nitrogens with one attached hydrogen (secondary N) is 2. The van der Waals surface area contributed by atoms with Gasteiger partial charge in [-0.05, 0) is 37.0 Å². The zero-order valence-corrected chi connectivity index (χ0v) is 16.0. The molecular weight excluding hydrogens is 370 g/mol. The molecule has 2 aliphatic rings. The molecule has 2 unspecified atom stereocenters. The van der Waals surface area contributed by atoms with Crippen LogP contribution in [0.2, 0.25) is 0 Å². The molecule has 2 atom stereocenters. The first-order chi connectivity index (χ1) is 14.1. The fourth-order valence-electron chi connectivity index (χ4n) is 4.22. The van der Waals surface area contributed by atoms with Crippen LogP contribution < -0.4 is 10.6 Å². The molecule has 8 nitrogen and oxygen atoms in total. The lowest BCUT2D eigenvalue weighted by molar-refractivity contribution is -0.116. The summed E-state index contributed by atoms with van der Waals surface area (Å²) in [5, 5.41) is 10.1. The molecule has 1 aromatic carbocycles. The number of benzene rings is 1. The van der Waals surface area contributed by atoms with E-state index in [4.69, 9.17) is 4.74 Å². The Labute approximate surface area is 167 Å². The Bertz CT molecular complexity index is 1120. The van der Waals surface area contributed by atoms with Gasteiger partial charge in [0.05, 0.1) is 22.9 Å². The summed E-state index contributed by atoms with van der Waals surface area (Å²) >= 11 is 0. The Morgan fingerprint density at radius 1 is 1.38 bits per heavy atom. The van der Waals surface area contributed by atoms with Crippen molar-refractivity contribution < 1.29 is 14.3 Å². The number of aromatic nitrogens is 3. The summed E-state index contributed by atoms with van der Waals surface area (Å²) < 4.78 is 7.21. The number of fused-ring (bicyclic) bond motifs is 2. The molecule has 2 N–H and O–H groups in total. The summed E-state index contributed by atoms with van der Waals surface area (Å²) in [6.07, 6.45) is 5.18. The summed E-state index contributed by atoms with van der Waals surface area (Å²) in [6.45, 7) is 3.10. The average molecular weight is 391 g/mol. The molecule has 5 rings (SSSR count). The van der Waals surface area contributed by atoms with Gasteiger partial charge in [0.15, 0.2) is 0 Å². The number of amides is 2. The molecule has 1 saturated heterocycles. The predicted molar refractivity (Wildman–Crippen MR) is 106 cm³/mol. The van der Waals surface area contributed by atoms with E-state index < -0.39 is 5.92 Å². The molecule has 0 radical (unpaired) electrons.